The Labute approximate surface area is 137 Å². The Morgan fingerprint density at radius 3 is 2.76 bits per heavy atom. The van der Waals surface area contributed by atoms with Gasteiger partial charge in [-0.2, -0.15) is 0 Å². The molecule has 2 aromatic rings. The quantitative estimate of drug-likeness (QED) is 0.841. The number of carbonyl (C=O) groups is 1. The van der Waals surface area contributed by atoms with E-state index in [-0.39, 0.29) is 11.7 Å². The second-order valence-electron chi connectivity index (χ2n) is 4.24. The highest BCUT2D eigenvalue weighted by Crippen LogP contribution is 2.25. The molecule has 0 atom stereocenters. The maximum Gasteiger partial charge on any atom is 0.234 e. The van der Waals surface area contributed by atoms with Gasteiger partial charge < -0.3 is 9.88 Å². The van der Waals surface area contributed by atoms with Gasteiger partial charge in [-0.25, -0.2) is 0 Å². The third-order valence-electron chi connectivity index (χ3n) is 2.75. The summed E-state index contributed by atoms with van der Waals surface area (Å²) >= 11 is 13.1. The van der Waals surface area contributed by atoms with Crippen molar-refractivity contribution in [2.45, 2.75) is 25.5 Å². The molecule has 2 rings (SSSR count). The number of anilines is 1. The molecule has 0 fully saturated rings. The van der Waals surface area contributed by atoms with Gasteiger partial charge in [0, 0.05) is 12.2 Å². The van der Waals surface area contributed by atoms with Crippen LogP contribution in [0.25, 0.3) is 0 Å². The number of amides is 1. The fourth-order valence-electron chi connectivity index (χ4n) is 1.73. The summed E-state index contributed by atoms with van der Waals surface area (Å²) in [6, 6.07) is 4.96. The number of hydrogen-bond donors (Lipinski definition) is 1. The van der Waals surface area contributed by atoms with E-state index in [4.69, 9.17) is 23.2 Å². The van der Waals surface area contributed by atoms with Crippen molar-refractivity contribution < 1.29 is 4.79 Å². The van der Waals surface area contributed by atoms with E-state index < -0.39 is 0 Å². The lowest BCUT2D eigenvalue weighted by Gasteiger charge is -2.07. The van der Waals surface area contributed by atoms with Crippen molar-refractivity contribution in [2.75, 3.05) is 11.1 Å². The van der Waals surface area contributed by atoms with Crippen LogP contribution in [0.15, 0.2) is 23.4 Å². The largest absolute Gasteiger partial charge is 0.325 e. The molecule has 0 radical (unpaired) electrons. The molecule has 21 heavy (non-hydrogen) atoms. The van der Waals surface area contributed by atoms with Crippen molar-refractivity contribution in [1.82, 2.24) is 14.8 Å². The van der Waals surface area contributed by atoms with Crippen LogP contribution in [0.1, 0.15) is 12.7 Å². The molecule has 1 N–H and O–H groups in total. The van der Waals surface area contributed by atoms with E-state index in [1.54, 1.807) is 18.2 Å². The molecular weight excluding hydrogens is 331 g/mol. The SMILES string of the molecule is CCn1c(C)nnc1SCC(=O)Nc1ccc(Cl)c(Cl)c1. The lowest BCUT2D eigenvalue weighted by atomic mass is 10.3. The first-order valence-corrected chi connectivity index (χ1v) is 8.03. The fraction of sp³-hybridized carbons (Fsp3) is 0.308. The Morgan fingerprint density at radius 2 is 2.10 bits per heavy atom. The first-order chi connectivity index (χ1) is 10.0. The Hall–Kier alpha value is -1.24. The summed E-state index contributed by atoms with van der Waals surface area (Å²) in [6.45, 7) is 4.67. The Kier molecular flexibility index (Phi) is 5.50. The predicted octanol–water partition coefficient (Wildman–Crippen LogP) is 3.64. The van der Waals surface area contributed by atoms with Gasteiger partial charge in [0.1, 0.15) is 5.82 Å². The van der Waals surface area contributed by atoms with E-state index in [2.05, 4.69) is 15.5 Å². The third-order valence-corrected chi connectivity index (χ3v) is 4.46. The Balaban J connectivity index is 1.94. The van der Waals surface area contributed by atoms with Crippen LogP contribution in [0.3, 0.4) is 0 Å². The molecule has 1 heterocycles. The van der Waals surface area contributed by atoms with Crippen molar-refractivity contribution in [2.24, 2.45) is 0 Å². The molecule has 0 saturated carbocycles. The topological polar surface area (TPSA) is 59.8 Å². The molecule has 5 nitrogen and oxygen atoms in total. The van der Waals surface area contributed by atoms with Crippen molar-refractivity contribution >= 4 is 46.6 Å². The van der Waals surface area contributed by atoms with Crippen molar-refractivity contribution in [3.8, 4) is 0 Å². The minimum absolute atomic E-state index is 0.137. The zero-order chi connectivity index (χ0) is 15.4. The molecule has 112 valence electrons. The van der Waals surface area contributed by atoms with E-state index in [0.717, 1.165) is 17.5 Å². The Morgan fingerprint density at radius 1 is 1.33 bits per heavy atom. The number of benzene rings is 1. The van der Waals surface area contributed by atoms with Gasteiger partial charge in [0.2, 0.25) is 5.91 Å². The third kappa shape index (κ3) is 4.12. The monoisotopic (exact) mass is 344 g/mol. The van der Waals surface area contributed by atoms with Gasteiger partial charge in [-0.1, -0.05) is 35.0 Å². The van der Waals surface area contributed by atoms with Crippen LogP contribution in [0.4, 0.5) is 5.69 Å². The average Bonchev–Trinajstić information content (AvgIpc) is 2.81. The van der Waals surface area contributed by atoms with Crippen LogP contribution in [0, 0.1) is 6.92 Å². The van der Waals surface area contributed by atoms with Crippen LogP contribution in [-0.4, -0.2) is 26.4 Å². The summed E-state index contributed by atoms with van der Waals surface area (Å²) in [5.41, 5.74) is 0.614. The second kappa shape index (κ2) is 7.15. The zero-order valence-corrected chi connectivity index (χ0v) is 13.9. The van der Waals surface area contributed by atoms with E-state index >= 15 is 0 Å². The van der Waals surface area contributed by atoms with Crippen LogP contribution < -0.4 is 5.32 Å². The first-order valence-electron chi connectivity index (χ1n) is 6.28. The van der Waals surface area contributed by atoms with Crippen LogP contribution in [-0.2, 0) is 11.3 Å². The number of nitrogens with one attached hydrogen (secondary N) is 1. The van der Waals surface area contributed by atoms with Crippen molar-refractivity contribution in [3.05, 3.63) is 34.1 Å². The number of nitrogens with zero attached hydrogens (tertiary/aromatic N) is 3. The summed E-state index contributed by atoms with van der Waals surface area (Å²) in [7, 11) is 0. The molecule has 0 bridgehead atoms. The number of halogens is 2. The predicted molar refractivity (Wildman–Crippen MR) is 86.2 cm³/mol. The molecule has 0 aliphatic carbocycles. The van der Waals surface area contributed by atoms with Gasteiger partial charge in [0.05, 0.1) is 15.8 Å². The highest BCUT2D eigenvalue weighted by Gasteiger charge is 2.11. The van der Waals surface area contributed by atoms with Crippen LogP contribution >= 0.6 is 35.0 Å². The molecule has 0 aliphatic heterocycles. The van der Waals surface area contributed by atoms with E-state index in [9.17, 15) is 4.79 Å². The molecule has 0 spiro atoms. The zero-order valence-electron chi connectivity index (χ0n) is 11.6. The number of aryl methyl sites for hydroxylation is 1. The summed E-state index contributed by atoms with van der Waals surface area (Å²) in [5.74, 6) is 0.949. The lowest BCUT2D eigenvalue weighted by molar-refractivity contribution is -0.113. The second-order valence-corrected chi connectivity index (χ2v) is 6.00. The number of carbonyl (C=O) groups excluding carboxylic acids is 1. The molecule has 0 saturated heterocycles. The molecule has 0 aliphatic rings. The number of thioether (sulfide) groups is 1. The number of rotatable bonds is 5. The normalized spacial score (nSPS) is 10.7. The summed E-state index contributed by atoms with van der Waals surface area (Å²) in [4.78, 5) is 11.9. The smallest absolute Gasteiger partial charge is 0.234 e. The minimum Gasteiger partial charge on any atom is -0.325 e. The summed E-state index contributed by atoms with van der Waals surface area (Å²) in [6.07, 6.45) is 0. The molecule has 1 aromatic heterocycles. The summed E-state index contributed by atoms with van der Waals surface area (Å²) < 4.78 is 1.96. The number of aromatic nitrogens is 3. The van der Waals surface area contributed by atoms with Gasteiger partial charge in [0.25, 0.3) is 0 Å². The molecule has 0 unspecified atom stereocenters. The molecule has 1 amide bonds. The van der Waals surface area contributed by atoms with E-state index in [1.165, 1.54) is 11.8 Å². The van der Waals surface area contributed by atoms with Crippen molar-refractivity contribution in [1.29, 1.82) is 0 Å². The van der Waals surface area contributed by atoms with Gasteiger partial charge in [-0.15, -0.1) is 10.2 Å². The highest BCUT2D eigenvalue weighted by molar-refractivity contribution is 7.99. The molecule has 8 heteroatoms. The maximum atomic E-state index is 11.9. The standard InChI is InChI=1S/C13H14Cl2N4OS/c1-3-19-8(2)17-18-13(19)21-7-12(20)16-9-4-5-10(14)11(15)6-9/h4-6H,3,7H2,1-2H3,(H,16,20). The number of hydrogen-bond acceptors (Lipinski definition) is 4. The fourth-order valence-corrected chi connectivity index (χ4v) is 2.88. The Bertz CT molecular complexity index is 660. The average molecular weight is 345 g/mol. The highest BCUT2D eigenvalue weighted by atomic mass is 35.5. The first kappa shape index (κ1) is 16.1. The minimum atomic E-state index is -0.137. The maximum absolute atomic E-state index is 11.9. The van der Waals surface area contributed by atoms with Gasteiger partial charge in [-0.3, -0.25) is 4.79 Å². The van der Waals surface area contributed by atoms with Gasteiger partial charge >= 0.3 is 0 Å². The lowest BCUT2D eigenvalue weighted by Crippen LogP contribution is -2.14. The van der Waals surface area contributed by atoms with Gasteiger partial charge in [-0.05, 0) is 32.0 Å². The van der Waals surface area contributed by atoms with Crippen LogP contribution in [0.5, 0.6) is 0 Å². The summed E-state index contributed by atoms with van der Waals surface area (Å²) in [5, 5.41) is 12.4. The van der Waals surface area contributed by atoms with Gasteiger partial charge in [0.15, 0.2) is 5.16 Å². The molecular formula is C13H14Cl2N4OS. The van der Waals surface area contributed by atoms with E-state index in [0.29, 0.717) is 15.7 Å². The van der Waals surface area contributed by atoms with Crippen molar-refractivity contribution in [3.63, 3.8) is 0 Å². The van der Waals surface area contributed by atoms with E-state index in [1.807, 2.05) is 18.4 Å². The van der Waals surface area contributed by atoms with Crippen LogP contribution in [0.2, 0.25) is 10.0 Å². The molecule has 1 aromatic carbocycles.